The molecule has 174 valence electrons. The Morgan fingerprint density at radius 2 is 2.00 bits per heavy atom. The maximum absolute atomic E-state index is 12.9. The van der Waals surface area contributed by atoms with Gasteiger partial charge in [-0.15, -0.1) is 11.8 Å². The summed E-state index contributed by atoms with van der Waals surface area (Å²) in [5, 5.41) is 6.79. The molecule has 0 amide bonds. The zero-order valence-corrected chi connectivity index (χ0v) is 19.8. The minimum absolute atomic E-state index is 0.0512. The molecular formula is C23H27ClF3N3OS. The summed E-state index contributed by atoms with van der Waals surface area (Å²) >= 11 is 8.23. The molecule has 3 rings (SSSR count). The van der Waals surface area contributed by atoms with E-state index in [0.29, 0.717) is 29.4 Å². The third-order valence-electron chi connectivity index (χ3n) is 5.20. The molecule has 0 fully saturated rings. The quantitative estimate of drug-likeness (QED) is 0.490. The SMILES string of the molecule is CC(C)(C)SCc1ccc(CNc2c(Cl)ccc3c2CCC(C(=O)C(F)(F)F)CN3)cn1. The highest BCUT2D eigenvalue weighted by Crippen LogP contribution is 2.37. The van der Waals surface area contributed by atoms with Crippen LogP contribution < -0.4 is 10.6 Å². The monoisotopic (exact) mass is 485 g/mol. The summed E-state index contributed by atoms with van der Waals surface area (Å²) in [5.74, 6) is -1.97. The van der Waals surface area contributed by atoms with E-state index in [4.69, 9.17) is 11.6 Å². The van der Waals surface area contributed by atoms with Gasteiger partial charge in [0.15, 0.2) is 0 Å². The summed E-state index contributed by atoms with van der Waals surface area (Å²) in [7, 11) is 0. The molecule has 4 nitrogen and oxygen atoms in total. The summed E-state index contributed by atoms with van der Waals surface area (Å²) < 4.78 is 38.8. The highest BCUT2D eigenvalue weighted by molar-refractivity contribution is 7.99. The Morgan fingerprint density at radius 1 is 1.25 bits per heavy atom. The fourth-order valence-corrected chi connectivity index (χ4v) is 4.47. The Morgan fingerprint density at radius 3 is 2.62 bits per heavy atom. The number of halogens is 4. The first-order chi connectivity index (χ1) is 14.9. The lowest BCUT2D eigenvalue weighted by atomic mass is 9.96. The highest BCUT2D eigenvalue weighted by Gasteiger charge is 2.43. The summed E-state index contributed by atoms with van der Waals surface area (Å²) in [6.45, 7) is 6.92. The standard InChI is InChI=1S/C23H27ClF3N3OS/c1-22(2,3)32-13-16-6-4-14(10-28-16)11-30-20-17-7-5-15(21(31)23(25,26)27)12-29-19(17)9-8-18(20)24/h4,6,8-10,15,29-30H,5,7,11-13H2,1-3H3. The average molecular weight is 486 g/mol. The number of hydrogen-bond acceptors (Lipinski definition) is 5. The van der Waals surface area contributed by atoms with Gasteiger partial charge < -0.3 is 10.6 Å². The van der Waals surface area contributed by atoms with Crippen LogP contribution in [-0.4, -0.2) is 28.2 Å². The van der Waals surface area contributed by atoms with Gasteiger partial charge >= 0.3 is 6.18 Å². The number of fused-ring (bicyclic) bond motifs is 1. The van der Waals surface area contributed by atoms with E-state index in [1.807, 2.05) is 30.1 Å². The van der Waals surface area contributed by atoms with Crippen molar-refractivity contribution in [2.24, 2.45) is 5.92 Å². The molecule has 9 heteroatoms. The Balaban J connectivity index is 1.68. The molecule has 1 aromatic carbocycles. The van der Waals surface area contributed by atoms with Crippen LogP contribution >= 0.6 is 23.4 Å². The Bertz CT molecular complexity index is 959. The lowest BCUT2D eigenvalue weighted by Gasteiger charge is -2.18. The van der Waals surface area contributed by atoms with Crippen molar-refractivity contribution in [1.29, 1.82) is 0 Å². The predicted octanol–water partition coefficient (Wildman–Crippen LogP) is 6.48. The number of nitrogens with zero attached hydrogens (tertiary/aromatic N) is 1. The summed E-state index contributed by atoms with van der Waals surface area (Å²) in [4.78, 5) is 16.2. The number of Topliss-reactive ketones (excluding diaryl/α,β-unsaturated/α-hetero) is 1. The van der Waals surface area contributed by atoms with Gasteiger partial charge in [-0.05, 0) is 42.2 Å². The van der Waals surface area contributed by atoms with Crippen molar-refractivity contribution < 1.29 is 18.0 Å². The maximum Gasteiger partial charge on any atom is 0.450 e. The molecule has 1 aromatic heterocycles. The van der Waals surface area contributed by atoms with Gasteiger partial charge in [-0.3, -0.25) is 9.78 Å². The number of carbonyl (C=O) groups excluding carboxylic acids is 1. The van der Waals surface area contributed by atoms with Crippen LogP contribution in [0.1, 0.15) is 44.0 Å². The number of anilines is 2. The first kappa shape index (κ1) is 24.7. The van der Waals surface area contributed by atoms with Gasteiger partial charge in [0, 0.05) is 41.4 Å². The largest absolute Gasteiger partial charge is 0.450 e. The number of pyridine rings is 1. The molecule has 2 aromatic rings. The summed E-state index contributed by atoms with van der Waals surface area (Å²) in [5.41, 5.74) is 4.13. The van der Waals surface area contributed by atoms with Crippen LogP contribution in [0.4, 0.5) is 24.5 Å². The molecule has 0 saturated carbocycles. The lowest BCUT2D eigenvalue weighted by Crippen LogP contribution is -2.34. The van der Waals surface area contributed by atoms with Crippen LogP contribution in [0.25, 0.3) is 0 Å². The molecule has 0 spiro atoms. The van der Waals surface area contributed by atoms with Crippen LogP contribution in [0, 0.1) is 5.92 Å². The molecule has 0 bridgehead atoms. The number of ketones is 1. The van der Waals surface area contributed by atoms with E-state index in [1.165, 1.54) is 0 Å². The molecule has 1 aliphatic heterocycles. The van der Waals surface area contributed by atoms with Crippen LogP contribution in [0.15, 0.2) is 30.5 Å². The molecule has 0 saturated heterocycles. The van der Waals surface area contributed by atoms with Gasteiger partial charge in [-0.25, -0.2) is 0 Å². The van der Waals surface area contributed by atoms with Gasteiger partial charge in [-0.1, -0.05) is 38.4 Å². The molecular weight excluding hydrogens is 459 g/mol. The number of hydrogen-bond donors (Lipinski definition) is 2. The van der Waals surface area contributed by atoms with E-state index < -0.39 is 17.9 Å². The number of nitrogens with one attached hydrogen (secondary N) is 2. The molecule has 0 aliphatic carbocycles. The third-order valence-corrected chi connectivity index (χ3v) is 6.82. The van der Waals surface area contributed by atoms with Crippen LogP contribution in [-0.2, 0) is 23.5 Å². The fourth-order valence-electron chi connectivity index (χ4n) is 3.47. The maximum atomic E-state index is 12.9. The van der Waals surface area contributed by atoms with E-state index in [1.54, 1.807) is 12.1 Å². The number of thioether (sulfide) groups is 1. The third kappa shape index (κ3) is 6.54. The van der Waals surface area contributed by atoms with Crippen molar-refractivity contribution in [3.63, 3.8) is 0 Å². The van der Waals surface area contributed by atoms with E-state index in [0.717, 1.165) is 22.6 Å². The van der Waals surface area contributed by atoms with Crippen molar-refractivity contribution in [3.05, 3.63) is 52.3 Å². The molecule has 1 unspecified atom stereocenters. The normalized spacial score (nSPS) is 16.7. The Kier molecular flexibility index (Phi) is 7.65. The van der Waals surface area contributed by atoms with Crippen LogP contribution in [0.3, 0.4) is 0 Å². The van der Waals surface area contributed by atoms with Gasteiger partial charge in [-0.2, -0.15) is 13.2 Å². The Labute approximate surface area is 195 Å². The second-order valence-electron chi connectivity index (χ2n) is 8.84. The zero-order valence-electron chi connectivity index (χ0n) is 18.3. The summed E-state index contributed by atoms with van der Waals surface area (Å²) in [6, 6.07) is 7.45. The molecule has 0 radical (unpaired) electrons. The molecule has 2 N–H and O–H groups in total. The van der Waals surface area contributed by atoms with E-state index in [-0.39, 0.29) is 17.7 Å². The van der Waals surface area contributed by atoms with Crippen molar-refractivity contribution in [2.75, 3.05) is 17.2 Å². The zero-order chi connectivity index (χ0) is 23.5. The minimum atomic E-state index is -4.83. The molecule has 1 atom stereocenters. The number of benzene rings is 1. The minimum Gasteiger partial charge on any atom is -0.384 e. The smallest absolute Gasteiger partial charge is 0.384 e. The Hall–Kier alpha value is -1.93. The highest BCUT2D eigenvalue weighted by atomic mass is 35.5. The second kappa shape index (κ2) is 9.91. The number of alkyl halides is 3. The first-order valence-electron chi connectivity index (χ1n) is 10.4. The molecule has 1 aliphatic rings. The fraction of sp³-hybridized carbons (Fsp3) is 0.478. The average Bonchev–Trinajstić information content (AvgIpc) is 2.93. The van der Waals surface area contributed by atoms with E-state index >= 15 is 0 Å². The molecule has 32 heavy (non-hydrogen) atoms. The van der Waals surface area contributed by atoms with Gasteiger partial charge in [0.25, 0.3) is 0 Å². The van der Waals surface area contributed by atoms with Crippen molar-refractivity contribution in [1.82, 2.24) is 4.98 Å². The number of aromatic nitrogens is 1. The van der Waals surface area contributed by atoms with Crippen molar-refractivity contribution in [3.8, 4) is 0 Å². The van der Waals surface area contributed by atoms with E-state index in [9.17, 15) is 18.0 Å². The van der Waals surface area contributed by atoms with Crippen molar-refractivity contribution in [2.45, 2.75) is 56.8 Å². The second-order valence-corrected chi connectivity index (χ2v) is 11.0. The van der Waals surface area contributed by atoms with Gasteiger partial charge in [0.2, 0.25) is 5.78 Å². The van der Waals surface area contributed by atoms with Crippen molar-refractivity contribution >= 4 is 40.5 Å². The number of rotatable bonds is 6. The van der Waals surface area contributed by atoms with E-state index in [2.05, 4.69) is 36.4 Å². The number of carbonyl (C=O) groups is 1. The summed E-state index contributed by atoms with van der Waals surface area (Å²) in [6.07, 6.45) is -2.59. The van der Waals surface area contributed by atoms with Gasteiger partial charge in [0.05, 0.1) is 16.4 Å². The molecule has 2 heterocycles. The van der Waals surface area contributed by atoms with Gasteiger partial charge in [0.1, 0.15) is 0 Å². The lowest BCUT2D eigenvalue weighted by molar-refractivity contribution is -0.175. The predicted molar refractivity (Wildman–Crippen MR) is 125 cm³/mol. The van der Waals surface area contributed by atoms with Crippen LogP contribution in [0.2, 0.25) is 5.02 Å². The first-order valence-corrected chi connectivity index (χ1v) is 11.8. The topological polar surface area (TPSA) is 54.0 Å². The van der Waals surface area contributed by atoms with Crippen LogP contribution in [0.5, 0.6) is 0 Å².